The molecule has 0 saturated carbocycles. The fourth-order valence-corrected chi connectivity index (χ4v) is 4.39. The summed E-state index contributed by atoms with van der Waals surface area (Å²) >= 11 is 0. The lowest BCUT2D eigenvalue weighted by atomic mass is 9.96. The molecule has 0 bridgehead atoms. The van der Waals surface area contributed by atoms with E-state index in [1.54, 1.807) is 6.20 Å². The first kappa shape index (κ1) is 30.9. The Morgan fingerprint density at radius 1 is 1.08 bits per heavy atom. The molecule has 13 heteroatoms. The predicted octanol–water partition coefficient (Wildman–Crippen LogP) is 1.42. The minimum atomic E-state index is -2.74. The second kappa shape index (κ2) is 14.6. The van der Waals surface area contributed by atoms with Crippen molar-refractivity contribution in [3.8, 4) is 0 Å². The van der Waals surface area contributed by atoms with E-state index in [2.05, 4.69) is 23.7 Å². The van der Waals surface area contributed by atoms with Gasteiger partial charge in [-0.2, -0.15) is 0 Å². The SMILES string of the molecule is CCCN(CC1CCCO1)C(=O)c1cnc(N2CCCC2)nc1CC.O=C(O)CC(O)(CC(=O)O)C(=O)O. The van der Waals surface area contributed by atoms with Gasteiger partial charge >= 0.3 is 17.9 Å². The third-order valence-corrected chi connectivity index (χ3v) is 6.32. The summed E-state index contributed by atoms with van der Waals surface area (Å²) in [5.74, 6) is -4.20. The van der Waals surface area contributed by atoms with Crippen molar-refractivity contribution in [2.24, 2.45) is 0 Å². The number of aryl methyl sites for hydroxylation is 1. The largest absolute Gasteiger partial charge is 0.481 e. The van der Waals surface area contributed by atoms with E-state index in [1.807, 2.05) is 4.90 Å². The number of hydrogen-bond acceptors (Lipinski definition) is 9. The quantitative estimate of drug-likeness (QED) is 0.300. The molecule has 1 unspecified atom stereocenters. The summed E-state index contributed by atoms with van der Waals surface area (Å²) in [5.41, 5.74) is -1.23. The number of carbonyl (C=O) groups excluding carboxylic acids is 1. The molecule has 1 aromatic rings. The van der Waals surface area contributed by atoms with Gasteiger partial charge in [0.05, 0.1) is 30.2 Å². The fraction of sp³-hybridized carbons (Fsp3) is 0.680. The molecule has 1 aromatic heterocycles. The van der Waals surface area contributed by atoms with E-state index in [0.717, 1.165) is 63.6 Å². The van der Waals surface area contributed by atoms with Crippen LogP contribution in [0.1, 0.15) is 74.8 Å². The van der Waals surface area contributed by atoms with Gasteiger partial charge in [0.1, 0.15) is 0 Å². The molecule has 0 aliphatic carbocycles. The summed E-state index contributed by atoms with van der Waals surface area (Å²) in [4.78, 5) is 56.9. The van der Waals surface area contributed by atoms with E-state index in [4.69, 9.17) is 30.1 Å². The molecule has 0 radical (unpaired) electrons. The van der Waals surface area contributed by atoms with Crippen LogP contribution in [0.3, 0.4) is 0 Å². The van der Waals surface area contributed by atoms with E-state index in [9.17, 15) is 19.2 Å². The maximum absolute atomic E-state index is 13.1. The number of ether oxygens (including phenoxy) is 1. The number of amides is 1. The van der Waals surface area contributed by atoms with Gasteiger partial charge in [-0.3, -0.25) is 14.4 Å². The predicted molar refractivity (Wildman–Crippen MR) is 135 cm³/mol. The van der Waals surface area contributed by atoms with Crippen LogP contribution in [0.2, 0.25) is 0 Å². The minimum absolute atomic E-state index is 0.0437. The maximum Gasteiger partial charge on any atom is 0.336 e. The van der Waals surface area contributed by atoms with Crippen LogP contribution in [-0.2, 0) is 25.5 Å². The van der Waals surface area contributed by atoms with Crippen molar-refractivity contribution < 1.29 is 44.3 Å². The van der Waals surface area contributed by atoms with Crippen LogP contribution in [0.25, 0.3) is 0 Å². The summed E-state index contributed by atoms with van der Waals surface area (Å²) in [7, 11) is 0. The van der Waals surface area contributed by atoms with Crippen molar-refractivity contribution in [1.29, 1.82) is 0 Å². The van der Waals surface area contributed by atoms with Gasteiger partial charge in [-0.15, -0.1) is 0 Å². The highest BCUT2D eigenvalue weighted by atomic mass is 16.5. The molecule has 2 aliphatic heterocycles. The van der Waals surface area contributed by atoms with Gasteiger partial charge in [-0.05, 0) is 38.5 Å². The van der Waals surface area contributed by atoms with Gasteiger partial charge in [-0.1, -0.05) is 13.8 Å². The Balaban J connectivity index is 0.000000332. The fourth-order valence-electron chi connectivity index (χ4n) is 4.39. The second-order valence-corrected chi connectivity index (χ2v) is 9.44. The number of carboxylic acid groups (broad SMARTS) is 3. The van der Waals surface area contributed by atoms with Crippen LogP contribution in [-0.4, -0.2) is 104 Å². The monoisotopic (exact) mass is 538 g/mol. The number of carbonyl (C=O) groups is 4. The van der Waals surface area contributed by atoms with Gasteiger partial charge in [0.25, 0.3) is 5.91 Å². The minimum Gasteiger partial charge on any atom is -0.481 e. The standard InChI is InChI=1S/C19H30N4O2.C6H8O7/c1-3-9-23(14-15-8-7-12-25-15)18(24)16-13-20-19(21-17(16)4-2)22-10-5-6-11-22;7-3(8)1-6(13,5(11)12)2-4(9)10/h13,15H,3-12,14H2,1-2H3;13H,1-2H2,(H,7,8)(H,9,10)(H,11,12). The lowest BCUT2D eigenvalue weighted by molar-refractivity contribution is -0.170. The number of hydrogen-bond donors (Lipinski definition) is 4. The zero-order valence-corrected chi connectivity index (χ0v) is 22.0. The Morgan fingerprint density at radius 3 is 2.18 bits per heavy atom. The second-order valence-electron chi connectivity index (χ2n) is 9.44. The van der Waals surface area contributed by atoms with Crippen molar-refractivity contribution in [2.75, 3.05) is 37.7 Å². The van der Waals surface area contributed by atoms with E-state index >= 15 is 0 Å². The normalized spacial score (nSPS) is 17.0. The number of nitrogens with zero attached hydrogens (tertiary/aromatic N) is 4. The van der Waals surface area contributed by atoms with Crippen molar-refractivity contribution in [3.05, 3.63) is 17.5 Å². The lowest BCUT2D eigenvalue weighted by Gasteiger charge is -2.26. The zero-order chi connectivity index (χ0) is 28.3. The topological polar surface area (TPSA) is 191 Å². The Bertz CT molecular complexity index is 960. The molecule has 0 spiro atoms. The van der Waals surface area contributed by atoms with Crippen LogP contribution in [0, 0.1) is 0 Å². The first-order valence-electron chi connectivity index (χ1n) is 12.9. The average molecular weight is 539 g/mol. The molecule has 3 rings (SSSR count). The molecule has 2 saturated heterocycles. The number of aliphatic hydroxyl groups is 1. The number of aromatic nitrogens is 2. The van der Waals surface area contributed by atoms with E-state index < -0.39 is 36.4 Å². The summed E-state index contributed by atoms with van der Waals surface area (Å²) in [6.45, 7) is 8.40. The van der Waals surface area contributed by atoms with Crippen LogP contribution < -0.4 is 4.90 Å². The molecule has 0 aromatic carbocycles. The van der Waals surface area contributed by atoms with Gasteiger partial charge in [0.2, 0.25) is 5.95 Å². The average Bonchev–Trinajstić information content (AvgIpc) is 3.57. The van der Waals surface area contributed by atoms with Crippen LogP contribution in [0.5, 0.6) is 0 Å². The molecule has 4 N–H and O–H groups in total. The van der Waals surface area contributed by atoms with E-state index in [-0.39, 0.29) is 12.0 Å². The van der Waals surface area contributed by atoms with Crippen LogP contribution in [0.4, 0.5) is 5.95 Å². The molecule has 3 heterocycles. The first-order chi connectivity index (χ1) is 18.0. The molecule has 212 valence electrons. The van der Waals surface area contributed by atoms with E-state index in [1.165, 1.54) is 12.8 Å². The van der Waals surface area contributed by atoms with E-state index in [0.29, 0.717) is 12.1 Å². The van der Waals surface area contributed by atoms with Crippen LogP contribution in [0.15, 0.2) is 6.20 Å². The van der Waals surface area contributed by atoms with Crippen molar-refractivity contribution >= 4 is 29.8 Å². The molecular formula is C25H38N4O9. The van der Waals surface area contributed by atoms with Gasteiger partial charge < -0.3 is 35.0 Å². The number of rotatable bonds is 12. The smallest absolute Gasteiger partial charge is 0.336 e. The van der Waals surface area contributed by atoms with Gasteiger partial charge in [-0.25, -0.2) is 14.8 Å². The molecule has 2 aliphatic rings. The third kappa shape index (κ3) is 8.91. The summed E-state index contributed by atoms with van der Waals surface area (Å²) in [5, 5.41) is 33.8. The molecule has 1 atom stereocenters. The Labute approximate surface area is 221 Å². The molecule has 2 fully saturated rings. The molecule has 13 nitrogen and oxygen atoms in total. The number of anilines is 1. The highest BCUT2D eigenvalue weighted by Gasteiger charge is 2.40. The molecule has 1 amide bonds. The molecule has 38 heavy (non-hydrogen) atoms. The first-order valence-corrected chi connectivity index (χ1v) is 12.9. The third-order valence-electron chi connectivity index (χ3n) is 6.32. The highest BCUT2D eigenvalue weighted by Crippen LogP contribution is 2.20. The van der Waals surface area contributed by atoms with Crippen LogP contribution >= 0.6 is 0 Å². The van der Waals surface area contributed by atoms with Crippen molar-refractivity contribution in [3.63, 3.8) is 0 Å². The Kier molecular flexibility index (Phi) is 11.9. The maximum atomic E-state index is 13.1. The van der Waals surface area contributed by atoms with Gasteiger partial charge in [0.15, 0.2) is 5.60 Å². The summed E-state index contributed by atoms with van der Waals surface area (Å²) in [6.07, 6.45) is 5.81. The van der Waals surface area contributed by atoms with Crippen molar-refractivity contribution in [1.82, 2.24) is 14.9 Å². The number of aliphatic carboxylic acids is 3. The Hall–Kier alpha value is -3.32. The zero-order valence-electron chi connectivity index (χ0n) is 22.0. The van der Waals surface area contributed by atoms with Gasteiger partial charge in [0, 0.05) is 39.0 Å². The molecular weight excluding hydrogens is 500 g/mol. The van der Waals surface area contributed by atoms with Crippen molar-refractivity contribution in [2.45, 2.75) is 76.9 Å². The summed E-state index contributed by atoms with van der Waals surface area (Å²) in [6, 6.07) is 0. The highest BCUT2D eigenvalue weighted by molar-refractivity contribution is 5.95. The number of carboxylic acids is 3. The Morgan fingerprint density at radius 2 is 1.71 bits per heavy atom. The lowest BCUT2D eigenvalue weighted by Crippen LogP contribution is -2.42. The summed E-state index contributed by atoms with van der Waals surface area (Å²) < 4.78 is 5.73.